The van der Waals surface area contributed by atoms with Crippen LogP contribution in [0.3, 0.4) is 0 Å². The van der Waals surface area contributed by atoms with E-state index in [1.165, 1.54) is 6.07 Å². The summed E-state index contributed by atoms with van der Waals surface area (Å²) in [6.45, 7) is -1.61. The zero-order chi connectivity index (χ0) is 22.9. The Balaban J connectivity index is 1.50. The van der Waals surface area contributed by atoms with Gasteiger partial charge >= 0.3 is 6.61 Å². The fourth-order valence-corrected chi connectivity index (χ4v) is 3.45. The molecule has 1 amide bonds. The average molecular weight is 441 g/mol. The number of halogens is 2. The number of ether oxygens (including phenoxy) is 1. The van der Waals surface area contributed by atoms with E-state index in [4.69, 9.17) is 6.42 Å². The van der Waals surface area contributed by atoms with Crippen molar-refractivity contribution in [2.75, 3.05) is 36.9 Å². The zero-order valence-electron chi connectivity index (χ0n) is 17.6. The molecule has 2 aromatic rings. The lowest BCUT2D eigenvalue weighted by Crippen LogP contribution is -2.46. The molecule has 1 aliphatic rings. The number of carbonyl (C=O) groups is 1. The molecular weight excluding hydrogens is 416 g/mol. The molecule has 9 heteroatoms. The van der Waals surface area contributed by atoms with Gasteiger partial charge in [-0.25, -0.2) is 0 Å². The Morgan fingerprint density at radius 1 is 1.31 bits per heavy atom. The van der Waals surface area contributed by atoms with E-state index in [9.17, 15) is 13.6 Å². The molecule has 7 nitrogen and oxygen atoms in total. The van der Waals surface area contributed by atoms with E-state index < -0.39 is 6.61 Å². The molecule has 0 aromatic heterocycles. The molecule has 168 valence electrons. The molecule has 0 bridgehead atoms. The number of rotatable bonds is 7. The number of anilines is 2. The second-order valence-electron chi connectivity index (χ2n) is 7.12. The summed E-state index contributed by atoms with van der Waals surface area (Å²) in [7, 11) is 1.61. The van der Waals surface area contributed by atoms with Gasteiger partial charge in [-0.2, -0.15) is 8.78 Å². The van der Waals surface area contributed by atoms with Crippen LogP contribution in [-0.4, -0.2) is 51.2 Å². The fraction of sp³-hybridized carbons (Fsp3) is 0.304. The lowest BCUT2D eigenvalue weighted by molar-refractivity contribution is -0.115. The fourth-order valence-electron chi connectivity index (χ4n) is 3.45. The standard InChI is InChI=1S/C23H25F2N5O2/c1-3-16-7-6-8-17(13-16)28-21(31)14-27-23(26-2)29-18-11-12-30(15-18)19-9-4-5-10-20(19)32-22(24)25/h1,4-10,13,18,22H,11-12,14-15H2,2H3,(H,28,31)(H2,26,27,29). The van der Waals surface area contributed by atoms with E-state index >= 15 is 0 Å². The highest BCUT2D eigenvalue weighted by molar-refractivity contribution is 5.95. The molecule has 1 aliphatic heterocycles. The van der Waals surface area contributed by atoms with Crippen molar-refractivity contribution in [2.24, 2.45) is 4.99 Å². The third-order valence-electron chi connectivity index (χ3n) is 4.90. The number of carbonyl (C=O) groups excluding carboxylic acids is 1. The maximum absolute atomic E-state index is 12.7. The molecule has 2 aromatic carbocycles. The maximum Gasteiger partial charge on any atom is 0.387 e. The molecule has 1 fully saturated rings. The average Bonchev–Trinajstić information content (AvgIpc) is 3.25. The molecule has 1 unspecified atom stereocenters. The number of hydrogen-bond donors (Lipinski definition) is 3. The molecule has 0 saturated carbocycles. The Bertz CT molecular complexity index is 1010. The van der Waals surface area contributed by atoms with Gasteiger partial charge in [0.2, 0.25) is 5.91 Å². The molecule has 3 N–H and O–H groups in total. The number of guanidine groups is 1. The number of hydrogen-bond acceptors (Lipinski definition) is 4. The summed E-state index contributed by atoms with van der Waals surface area (Å²) in [6, 6.07) is 13.8. The zero-order valence-corrected chi connectivity index (χ0v) is 17.6. The Hall–Kier alpha value is -3.80. The number of nitrogens with one attached hydrogen (secondary N) is 3. The molecule has 1 saturated heterocycles. The first-order valence-corrected chi connectivity index (χ1v) is 10.1. The predicted molar refractivity (Wildman–Crippen MR) is 121 cm³/mol. The van der Waals surface area contributed by atoms with Crippen LogP contribution in [0.5, 0.6) is 5.75 Å². The van der Waals surface area contributed by atoms with Crippen molar-refractivity contribution >= 4 is 23.2 Å². The topological polar surface area (TPSA) is 78.0 Å². The van der Waals surface area contributed by atoms with E-state index in [0.717, 1.165) is 6.42 Å². The Morgan fingerprint density at radius 2 is 2.12 bits per heavy atom. The van der Waals surface area contributed by atoms with Crippen LogP contribution in [0.15, 0.2) is 53.5 Å². The summed E-state index contributed by atoms with van der Waals surface area (Å²) in [6.07, 6.45) is 6.15. The van der Waals surface area contributed by atoms with Gasteiger partial charge in [0.15, 0.2) is 5.96 Å². The normalized spacial score (nSPS) is 15.9. The van der Waals surface area contributed by atoms with E-state index in [-0.39, 0.29) is 24.2 Å². The van der Waals surface area contributed by atoms with E-state index in [1.807, 2.05) is 4.90 Å². The van der Waals surface area contributed by atoms with Crippen LogP contribution in [0, 0.1) is 12.3 Å². The number of benzene rings is 2. The smallest absolute Gasteiger partial charge is 0.387 e. The molecule has 0 aliphatic carbocycles. The Morgan fingerprint density at radius 3 is 2.88 bits per heavy atom. The summed E-state index contributed by atoms with van der Waals surface area (Å²) in [5, 5.41) is 9.02. The largest absolute Gasteiger partial charge is 0.433 e. The molecule has 0 spiro atoms. The SMILES string of the molecule is C#Cc1cccc(NC(=O)CNC(=NC)NC2CCN(c3ccccc3OC(F)F)C2)c1. The molecule has 1 heterocycles. The monoisotopic (exact) mass is 441 g/mol. The lowest BCUT2D eigenvalue weighted by atomic mass is 10.2. The van der Waals surface area contributed by atoms with Gasteiger partial charge in [-0.15, -0.1) is 6.42 Å². The van der Waals surface area contributed by atoms with Crippen molar-refractivity contribution in [1.29, 1.82) is 0 Å². The van der Waals surface area contributed by atoms with Crippen molar-refractivity contribution in [2.45, 2.75) is 19.1 Å². The van der Waals surface area contributed by atoms with Crippen molar-refractivity contribution < 1.29 is 18.3 Å². The summed E-state index contributed by atoms with van der Waals surface area (Å²) >= 11 is 0. The van der Waals surface area contributed by atoms with Crippen LogP contribution in [0.25, 0.3) is 0 Å². The van der Waals surface area contributed by atoms with Gasteiger partial charge in [-0.1, -0.05) is 24.1 Å². The highest BCUT2D eigenvalue weighted by atomic mass is 19.3. The summed E-state index contributed by atoms with van der Waals surface area (Å²) in [5.41, 5.74) is 1.92. The Labute approximate surface area is 185 Å². The minimum absolute atomic E-state index is 0.0153. The molecule has 32 heavy (non-hydrogen) atoms. The maximum atomic E-state index is 12.7. The van der Waals surface area contributed by atoms with Crippen molar-refractivity contribution in [3.8, 4) is 18.1 Å². The lowest BCUT2D eigenvalue weighted by Gasteiger charge is -2.22. The number of nitrogens with zero attached hydrogens (tertiary/aromatic N) is 2. The van der Waals surface area contributed by atoms with Crippen molar-refractivity contribution in [3.63, 3.8) is 0 Å². The second-order valence-corrected chi connectivity index (χ2v) is 7.12. The van der Waals surface area contributed by atoms with Gasteiger partial charge < -0.3 is 25.6 Å². The number of amides is 1. The molecule has 1 atom stereocenters. The highest BCUT2D eigenvalue weighted by Gasteiger charge is 2.26. The first-order valence-electron chi connectivity index (χ1n) is 10.1. The first-order chi connectivity index (χ1) is 15.5. The highest BCUT2D eigenvalue weighted by Crippen LogP contribution is 2.31. The summed E-state index contributed by atoms with van der Waals surface area (Å²) in [5.74, 6) is 2.90. The van der Waals surface area contributed by atoms with Crippen LogP contribution in [0.1, 0.15) is 12.0 Å². The number of terminal acetylenes is 1. The third kappa shape index (κ3) is 6.35. The second kappa shape index (κ2) is 11.0. The van der Waals surface area contributed by atoms with Crippen LogP contribution < -0.4 is 25.6 Å². The van der Waals surface area contributed by atoms with Crippen molar-refractivity contribution in [1.82, 2.24) is 10.6 Å². The van der Waals surface area contributed by atoms with Gasteiger partial charge in [0.25, 0.3) is 0 Å². The third-order valence-corrected chi connectivity index (χ3v) is 4.90. The van der Waals surface area contributed by atoms with Crippen LogP contribution in [0.4, 0.5) is 20.2 Å². The number of aliphatic imine (C=N–C) groups is 1. The van der Waals surface area contributed by atoms with E-state index in [2.05, 4.69) is 31.6 Å². The number of para-hydroxylation sites is 2. The van der Waals surface area contributed by atoms with Crippen LogP contribution in [0.2, 0.25) is 0 Å². The minimum atomic E-state index is -2.88. The van der Waals surface area contributed by atoms with Gasteiger partial charge in [-0.05, 0) is 36.8 Å². The van der Waals surface area contributed by atoms with E-state index in [0.29, 0.717) is 36.0 Å². The molecule has 0 radical (unpaired) electrons. The van der Waals surface area contributed by atoms with E-state index in [1.54, 1.807) is 49.5 Å². The quantitative estimate of drug-likeness (QED) is 0.350. The summed E-state index contributed by atoms with van der Waals surface area (Å²) < 4.78 is 30.0. The first kappa shape index (κ1) is 22.9. The molecule has 3 rings (SSSR count). The molecular formula is C23H25F2N5O2. The summed E-state index contributed by atoms with van der Waals surface area (Å²) in [4.78, 5) is 18.4. The number of alkyl halides is 2. The van der Waals surface area contributed by atoms with Gasteiger partial charge in [0.05, 0.1) is 12.2 Å². The van der Waals surface area contributed by atoms with Gasteiger partial charge in [0, 0.05) is 37.4 Å². The van der Waals surface area contributed by atoms with Crippen LogP contribution in [-0.2, 0) is 4.79 Å². The Kier molecular flexibility index (Phi) is 7.86. The van der Waals surface area contributed by atoms with Crippen molar-refractivity contribution in [3.05, 3.63) is 54.1 Å². The van der Waals surface area contributed by atoms with Gasteiger partial charge in [0.1, 0.15) is 5.75 Å². The minimum Gasteiger partial charge on any atom is -0.433 e. The predicted octanol–water partition coefficient (Wildman–Crippen LogP) is 2.65. The van der Waals surface area contributed by atoms with Crippen LogP contribution >= 0.6 is 0 Å². The van der Waals surface area contributed by atoms with Gasteiger partial charge in [-0.3, -0.25) is 9.79 Å².